The zero-order valence-electron chi connectivity index (χ0n) is 13.9. The second-order valence-electron chi connectivity index (χ2n) is 6.46. The van der Waals surface area contributed by atoms with E-state index in [2.05, 4.69) is 4.74 Å². The van der Waals surface area contributed by atoms with Gasteiger partial charge in [0.15, 0.2) is 0 Å². The third-order valence-electron chi connectivity index (χ3n) is 4.65. The van der Waals surface area contributed by atoms with Crippen LogP contribution in [-0.2, 0) is 4.74 Å². The minimum Gasteiger partial charge on any atom is -0.441 e. The van der Waals surface area contributed by atoms with Crippen molar-refractivity contribution in [2.45, 2.75) is 31.5 Å². The molecule has 8 heteroatoms. The maximum atomic E-state index is 12.6. The molecule has 0 unspecified atom stereocenters. The number of nitrogens with zero attached hydrogens (tertiary/aromatic N) is 2. The van der Waals surface area contributed by atoms with Crippen molar-refractivity contribution in [1.29, 1.82) is 0 Å². The van der Waals surface area contributed by atoms with Gasteiger partial charge in [-0.2, -0.15) is 8.78 Å². The fourth-order valence-corrected chi connectivity index (χ4v) is 3.38. The van der Waals surface area contributed by atoms with E-state index >= 15 is 0 Å². The van der Waals surface area contributed by atoms with Crippen molar-refractivity contribution in [3.63, 3.8) is 0 Å². The highest BCUT2D eigenvalue weighted by atomic mass is 19.3. The third-order valence-corrected chi connectivity index (χ3v) is 4.65. The molecule has 1 spiro atoms. The fraction of sp³-hybridized carbons (Fsp3) is 0.529. The van der Waals surface area contributed by atoms with Gasteiger partial charge in [-0.25, -0.2) is 4.79 Å². The quantitative estimate of drug-likeness (QED) is 0.837. The van der Waals surface area contributed by atoms with E-state index in [1.165, 1.54) is 24.3 Å². The molecule has 2 amide bonds. The minimum atomic E-state index is -2.89. The van der Waals surface area contributed by atoms with Gasteiger partial charge in [0.2, 0.25) is 0 Å². The number of carbonyl (C=O) groups is 2. The van der Waals surface area contributed by atoms with Crippen LogP contribution in [0.3, 0.4) is 0 Å². The van der Waals surface area contributed by atoms with E-state index in [0.717, 1.165) is 6.42 Å². The van der Waals surface area contributed by atoms with Gasteiger partial charge in [-0.3, -0.25) is 4.79 Å². The molecule has 6 nitrogen and oxygen atoms in total. The number of benzene rings is 1. The average molecular weight is 354 g/mol. The Labute approximate surface area is 144 Å². The minimum absolute atomic E-state index is 0.0160. The first-order chi connectivity index (χ1) is 11.9. The van der Waals surface area contributed by atoms with Gasteiger partial charge in [0, 0.05) is 32.1 Å². The summed E-state index contributed by atoms with van der Waals surface area (Å²) in [7, 11) is 1.70. The molecule has 0 aromatic heterocycles. The Morgan fingerprint density at radius 1 is 1.24 bits per heavy atom. The monoisotopic (exact) mass is 354 g/mol. The van der Waals surface area contributed by atoms with Crippen molar-refractivity contribution in [2.75, 3.05) is 26.7 Å². The molecule has 2 heterocycles. The van der Waals surface area contributed by atoms with Crippen LogP contribution in [0.15, 0.2) is 24.3 Å². The summed E-state index contributed by atoms with van der Waals surface area (Å²) >= 11 is 0. The third kappa shape index (κ3) is 3.83. The summed E-state index contributed by atoms with van der Waals surface area (Å²) in [4.78, 5) is 27.6. The van der Waals surface area contributed by atoms with Crippen LogP contribution in [0.2, 0.25) is 0 Å². The van der Waals surface area contributed by atoms with E-state index in [1.807, 2.05) is 0 Å². The second-order valence-corrected chi connectivity index (χ2v) is 6.46. The second kappa shape index (κ2) is 6.85. The molecular weight excluding hydrogens is 334 g/mol. The first-order valence-electron chi connectivity index (χ1n) is 8.17. The standard InChI is InChI=1S/C17H20F2N2O4/c1-20-11-17(25-16(20)23)7-2-9-21(10-8-17)14(22)12-3-5-13(6-4-12)24-15(18)19/h3-6,15H,2,7-11H2,1H3/t17-/m0/s1. The first kappa shape index (κ1) is 17.4. The Morgan fingerprint density at radius 3 is 2.56 bits per heavy atom. The lowest BCUT2D eigenvalue weighted by molar-refractivity contribution is -0.0498. The van der Waals surface area contributed by atoms with Gasteiger partial charge in [-0.15, -0.1) is 0 Å². The van der Waals surface area contributed by atoms with E-state index < -0.39 is 12.2 Å². The zero-order valence-corrected chi connectivity index (χ0v) is 13.9. The zero-order chi connectivity index (χ0) is 18.0. The SMILES string of the molecule is CN1C[C@@]2(CCCN(C(=O)c3ccc(OC(F)F)cc3)CC2)OC1=O. The van der Waals surface area contributed by atoms with Crippen LogP contribution >= 0.6 is 0 Å². The predicted octanol–water partition coefficient (Wildman–Crippen LogP) is 2.73. The van der Waals surface area contributed by atoms with Gasteiger partial charge in [0.25, 0.3) is 5.91 Å². The number of halogens is 2. The van der Waals surface area contributed by atoms with E-state index in [9.17, 15) is 18.4 Å². The molecule has 3 rings (SSSR count). The van der Waals surface area contributed by atoms with Gasteiger partial charge in [0.05, 0.1) is 6.54 Å². The number of carbonyl (C=O) groups excluding carboxylic acids is 2. The summed E-state index contributed by atoms with van der Waals surface area (Å²) in [5.41, 5.74) is -0.103. The number of ether oxygens (including phenoxy) is 2. The number of likely N-dealkylation sites (tertiary alicyclic amines) is 1. The average Bonchev–Trinajstić information content (AvgIpc) is 2.72. The fourth-order valence-electron chi connectivity index (χ4n) is 3.38. The van der Waals surface area contributed by atoms with Crippen LogP contribution in [-0.4, -0.2) is 60.7 Å². The Bertz CT molecular complexity index is 653. The van der Waals surface area contributed by atoms with E-state index in [1.54, 1.807) is 16.8 Å². The Morgan fingerprint density at radius 2 is 1.96 bits per heavy atom. The highest BCUT2D eigenvalue weighted by Gasteiger charge is 2.44. The van der Waals surface area contributed by atoms with E-state index in [0.29, 0.717) is 38.0 Å². The lowest BCUT2D eigenvalue weighted by atomic mass is 9.95. The Kier molecular flexibility index (Phi) is 4.78. The number of rotatable bonds is 3. The summed E-state index contributed by atoms with van der Waals surface area (Å²) in [6.07, 6.45) is 1.71. The Balaban J connectivity index is 1.64. The molecule has 2 aliphatic heterocycles. The molecule has 2 fully saturated rings. The van der Waals surface area contributed by atoms with Gasteiger partial charge in [-0.1, -0.05) is 0 Å². The number of hydrogen-bond acceptors (Lipinski definition) is 4. The highest BCUT2D eigenvalue weighted by molar-refractivity contribution is 5.94. The van der Waals surface area contributed by atoms with Gasteiger partial charge in [0.1, 0.15) is 11.4 Å². The molecule has 2 saturated heterocycles. The Hall–Kier alpha value is -2.38. The predicted molar refractivity (Wildman–Crippen MR) is 84.7 cm³/mol. The topological polar surface area (TPSA) is 59.1 Å². The van der Waals surface area contributed by atoms with Crippen LogP contribution in [0.5, 0.6) is 5.75 Å². The van der Waals surface area contributed by atoms with Crippen molar-refractivity contribution in [2.24, 2.45) is 0 Å². The number of hydrogen-bond donors (Lipinski definition) is 0. The molecule has 1 aromatic rings. The highest BCUT2D eigenvalue weighted by Crippen LogP contribution is 2.33. The van der Waals surface area contributed by atoms with E-state index in [-0.39, 0.29) is 17.7 Å². The molecule has 0 aliphatic carbocycles. The van der Waals surface area contributed by atoms with Gasteiger partial charge in [-0.05, 0) is 37.1 Å². The summed E-state index contributed by atoms with van der Waals surface area (Å²) in [6, 6.07) is 5.66. The van der Waals surface area contributed by atoms with Crippen molar-refractivity contribution >= 4 is 12.0 Å². The lowest BCUT2D eigenvalue weighted by Crippen LogP contribution is -2.36. The molecule has 1 aromatic carbocycles. The molecule has 136 valence electrons. The summed E-state index contributed by atoms with van der Waals surface area (Å²) in [5.74, 6) is -0.152. The van der Waals surface area contributed by atoms with Crippen LogP contribution < -0.4 is 4.74 Å². The van der Waals surface area contributed by atoms with Crippen LogP contribution in [0.25, 0.3) is 0 Å². The normalized spacial score (nSPS) is 23.8. The molecule has 0 N–H and O–H groups in total. The van der Waals surface area contributed by atoms with Crippen LogP contribution in [0.1, 0.15) is 29.6 Å². The molecule has 0 bridgehead atoms. The number of likely N-dealkylation sites (N-methyl/N-ethyl adjacent to an activating group) is 1. The van der Waals surface area contributed by atoms with Crippen molar-refractivity contribution < 1.29 is 27.8 Å². The summed E-state index contributed by atoms with van der Waals surface area (Å²) < 4.78 is 34.2. The smallest absolute Gasteiger partial charge is 0.410 e. The molecule has 1 atom stereocenters. The van der Waals surface area contributed by atoms with Gasteiger partial charge >= 0.3 is 12.7 Å². The number of alkyl halides is 2. The van der Waals surface area contributed by atoms with Crippen molar-refractivity contribution in [3.8, 4) is 5.75 Å². The summed E-state index contributed by atoms with van der Waals surface area (Å²) in [5, 5.41) is 0. The molecule has 0 saturated carbocycles. The van der Waals surface area contributed by atoms with Crippen molar-refractivity contribution in [3.05, 3.63) is 29.8 Å². The van der Waals surface area contributed by atoms with E-state index in [4.69, 9.17) is 4.74 Å². The van der Waals surface area contributed by atoms with Gasteiger partial charge < -0.3 is 19.3 Å². The lowest BCUT2D eigenvalue weighted by Gasteiger charge is -2.25. The van der Waals surface area contributed by atoms with Crippen LogP contribution in [0, 0.1) is 0 Å². The maximum Gasteiger partial charge on any atom is 0.410 e. The number of amides is 2. The largest absolute Gasteiger partial charge is 0.441 e. The van der Waals surface area contributed by atoms with Crippen LogP contribution in [0.4, 0.5) is 13.6 Å². The molecule has 25 heavy (non-hydrogen) atoms. The molecule has 2 aliphatic rings. The summed E-state index contributed by atoms with van der Waals surface area (Å²) in [6.45, 7) is -1.31. The molecule has 0 radical (unpaired) electrons. The first-order valence-corrected chi connectivity index (χ1v) is 8.17. The maximum absolute atomic E-state index is 12.6. The molecular formula is C17H20F2N2O4. The van der Waals surface area contributed by atoms with Crippen molar-refractivity contribution in [1.82, 2.24) is 9.80 Å².